The van der Waals surface area contributed by atoms with Crippen molar-refractivity contribution in [1.82, 2.24) is 15.5 Å². The lowest BCUT2D eigenvalue weighted by Crippen LogP contribution is -2.54. The fraction of sp³-hybridized carbons (Fsp3) is 0.500. The predicted octanol–water partition coefficient (Wildman–Crippen LogP) is 4.59. The van der Waals surface area contributed by atoms with Gasteiger partial charge in [-0.25, -0.2) is 0 Å². The quantitative estimate of drug-likeness (QED) is 0.691. The summed E-state index contributed by atoms with van der Waals surface area (Å²) in [6.45, 7) is 4.95. The summed E-state index contributed by atoms with van der Waals surface area (Å²) in [5.74, 6) is 0.825. The molecule has 4 nitrogen and oxygen atoms in total. The topological polar surface area (TPSA) is 44.4 Å². The van der Waals surface area contributed by atoms with Gasteiger partial charge in [0.25, 0.3) is 0 Å². The van der Waals surface area contributed by atoms with Crippen LogP contribution in [0.3, 0.4) is 0 Å². The van der Waals surface area contributed by atoms with E-state index in [0.29, 0.717) is 24.4 Å². The molecule has 2 aromatic rings. The number of halogens is 1. The summed E-state index contributed by atoms with van der Waals surface area (Å²) in [6, 6.07) is 19.0. The largest absolute Gasteiger partial charge is 0.341 e. The van der Waals surface area contributed by atoms with Gasteiger partial charge in [-0.05, 0) is 67.8 Å². The van der Waals surface area contributed by atoms with Crippen LogP contribution >= 0.6 is 11.6 Å². The van der Waals surface area contributed by atoms with E-state index in [1.54, 1.807) is 0 Å². The Kier molecular flexibility index (Phi) is 7.65. The second-order valence-corrected chi connectivity index (χ2v) is 9.66. The highest BCUT2D eigenvalue weighted by Crippen LogP contribution is 2.24. The van der Waals surface area contributed by atoms with Crippen molar-refractivity contribution in [3.8, 4) is 0 Å². The van der Waals surface area contributed by atoms with E-state index in [-0.39, 0.29) is 11.9 Å². The molecule has 3 unspecified atom stereocenters. The summed E-state index contributed by atoms with van der Waals surface area (Å²) in [6.07, 6.45) is 5.03. The Hall–Kier alpha value is -1.88. The molecule has 2 N–H and O–H groups in total. The predicted molar refractivity (Wildman–Crippen MR) is 127 cm³/mol. The molecule has 2 heterocycles. The van der Waals surface area contributed by atoms with Gasteiger partial charge in [0, 0.05) is 30.2 Å². The van der Waals surface area contributed by atoms with Crippen LogP contribution in [0.5, 0.6) is 0 Å². The molecule has 5 heteroatoms. The molecule has 4 rings (SSSR count). The molecule has 1 amide bonds. The van der Waals surface area contributed by atoms with E-state index in [2.05, 4.69) is 52.8 Å². The molecule has 2 aliphatic rings. The number of nitrogens with zero attached hydrogens (tertiary/aromatic N) is 1. The van der Waals surface area contributed by atoms with Gasteiger partial charge in [-0.15, -0.1) is 0 Å². The number of rotatable bonds is 6. The number of hydrogen-bond acceptors (Lipinski definition) is 3. The van der Waals surface area contributed by atoms with Crippen LogP contribution in [0.1, 0.15) is 49.8 Å². The first-order chi connectivity index (χ1) is 15.1. The zero-order valence-electron chi connectivity index (χ0n) is 18.4. The number of carbonyl (C=O) groups is 1. The van der Waals surface area contributed by atoms with E-state index < -0.39 is 0 Å². The SMILES string of the molecule is CC1CCCN(C(=O)[C@@H](Cc2ccc(Cl)cc2)NC2CCNC(c3ccccc3)C2)C1. The number of nitrogens with one attached hydrogen (secondary N) is 2. The van der Waals surface area contributed by atoms with Crippen molar-refractivity contribution in [2.24, 2.45) is 5.92 Å². The molecule has 2 saturated heterocycles. The van der Waals surface area contributed by atoms with Crippen molar-refractivity contribution in [1.29, 1.82) is 0 Å². The zero-order valence-corrected chi connectivity index (χ0v) is 19.2. The third-order valence-corrected chi connectivity index (χ3v) is 6.91. The first-order valence-corrected chi connectivity index (χ1v) is 12.0. The Morgan fingerprint density at radius 1 is 1.16 bits per heavy atom. The summed E-state index contributed by atoms with van der Waals surface area (Å²) in [5, 5.41) is 8.14. The van der Waals surface area contributed by atoms with Crippen LogP contribution in [0.15, 0.2) is 54.6 Å². The average Bonchev–Trinajstić information content (AvgIpc) is 2.80. The van der Waals surface area contributed by atoms with E-state index in [1.807, 2.05) is 24.3 Å². The molecule has 0 aromatic heterocycles. The number of hydrogen-bond donors (Lipinski definition) is 2. The normalized spacial score (nSPS) is 25.2. The summed E-state index contributed by atoms with van der Waals surface area (Å²) in [7, 11) is 0. The third kappa shape index (κ3) is 6.09. The van der Waals surface area contributed by atoms with Crippen LogP contribution < -0.4 is 10.6 Å². The monoisotopic (exact) mass is 439 g/mol. The van der Waals surface area contributed by atoms with E-state index in [0.717, 1.165) is 49.5 Å². The standard InChI is InChI=1S/C26H34ClN3O/c1-19-6-5-15-30(18-19)26(31)25(16-20-9-11-22(27)12-10-20)29-23-13-14-28-24(17-23)21-7-3-2-4-8-21/h2-4,7-12,19,23-25,28-29H,5-6,13-18H2,1H3/t19?,23?,24?,25-/m1/s1. The van der Waals surface area contributed by atoms with E-state index in [1.165, 1.54) is 12.0 Å². The van der Waals surface area contributed by atoms with Crippen LogP contribution in [0.2, 0.25) is 5.02 Å². The zero-order chi connectivity index (χ0) is 21.6. The number of amides is 1. The smallest absolute Gasteiger partial charge is 0.240 e. The van der Waals surface area contributed by atoms with Crippen molar-refractivity contribution >= 4 is 17.5 Å². The van der Waals surface area contributed by atoms with E-state index in [4.69, 9.17) is 11.6 Å². The van der Waals surface area contributed by atoms with Gasteiger partial charge in [-0.1, -0.05) is 61.0 Å². The number of likely N-dealkylation sites (tertiary alicyclic amines) is 1. The summed E-state index contributed by atoms with van der Waals surface area (Å²) in [5.41, 5.74) is 2.47. The van der Waals surface area contributed by atoms with Crippen LogP contribution in [-0.2, 0) is 11.2 Å². The molecule has 0 aliphatic carbocycles. The molecular formula is C26H34ClN3O. The van der Waals surface area contributed by atoms with Crippen LogP contribution in [0, 0.1) is 5.92 Å². The fourth-order valence-corrected chi connectivity index (χ4v) is 5.10. The van der Waals surface area contributed by atoms with Crippen molar-refractivity contribution in [3.05, 3.63) is 70.7 Å². The molecule has 2 aliphatic heterocycles. The minimum Gasteiger partial charge on any atom is -0.341 e. The highest BCUT2D eigenvalue weighted by atomic mass is 35.5. The molecule has 31 heavy (non-hydrogen) atoms. The second kappa shape index (κ2) is 10.6. The maximum atomic E-state index is 13.6. The molecule has 2 aromatic carbocycles. The summed E-state index contributed by atoms with van der Waals surface area (Å²) >= 11 is 6.08. The molecular weight excluding hydrogens is 406 g/mol. The number of benzene rings is 2. The van der Waals surface area contributed by atoms with Gasteiger partial charge in [0.05, 0.1) is 6.04 Å². The Morgan fingerprint density at radius 3 is 2.68 bits per heavy atom. The third-order valence-electron chi connectivity index (χ3n) is 6.66. The molecule has 0 spiro atoms. The molecule has 4 atom stereocenters. The van der Waals surface area contributed by atoms with Crippen molar-refractivity contribution in [2.75, 3.05) is 19.6 Å². The molecule has 0 saturated carbocycles. The fourth-order valence-electron chi connectivity index (χ4n) is 4.98. The molecule has 166 valence electrons. The highest BCUT2D eigenvalue weighted by Gasteiger charge is 2.31. The lowest BCUT2D eigenvalue weighted by Gasteiger charge is -2.37. The Balaban J connectivity index is 1.47. The average molecular weight is 440 g/mol. The minimum atomic E-state index is -0.203. The summed E-state index contributed by atoms with van der Waals surface area (Å²) in [4.78, 5) is 15.6. The van der Waals surface area contributed by atoms with Crippen molar-refractivity contribution in [2.45, 2.75) is 57.2 Å². The van der Waals surface area contributed by atoms with Gasteiger partial charge in [0.15, 0.2) is 0 Å². The number of piperidine rings is 2. The Bertz CT molecular complexity index is 841. The lowest BCUT2D eigenvalue weighted by atomic mass is 9.92. The first-order valence-electron chi connectivity index (χ1n) is 11.7. The van der Waals surface area contributed by atoms with Gasteiger partial charge < -0.3 is 15.5 Å². The summed E-state index contributed by atoms with van der Waals surface area (Å²) < 4.78 is 0. The molecule has 0 radical (unpaired) electrons. The van der Waals surface area contributed by atoms with Crippen LogP contribution in [0.4, 0.5) is 0 Å². The molecule has 2 fully saturated rings. The van der Waals surface area contributed by atoms with E-state index in [9.17, 15) is 4.79 Å². The molecule has 0 bridgehead atoms. The van der Waals surface area contributed by atoms with Gasteiger partial charge >= 0.3 is 0 Å². The van der Waals surface area contributed by atoms with E-state index >= 15 is 0 Å². The first kappa shape index (κ1) is 22.3. The number of carbonyl (C=O) groups excluding carboxylic acids is 1. The maximum absolute atomic E-state index is 13.6. The van der Waals surface area contributed by atoms with Gasteiger partial charge in [0.2, 0.25) is 5.91 Å². The van der Waals surface area contributed by atoms with Crippen LogP contribution in [0.25, 0.3) is 0 Å². The van der Waals surface area contributed by atoms with Crippen LogP contribution in [-0.4, -0.2) is 42.5 Å². The highest BCUT2D eigenvalue weighted by molar-refractivity contribution is 6.30. The second-order valence-electron chi connectivity index (χ2n) is 9.22. The van der Waals surface area contributed by atoms with Gasteiger partial charge in [-0.3, -0.25) is 4.79 Å². The van der Waals surface area contributed by atoms with Gasteiger partial charge in [-0.2, -0.15) is 0 Å². The Labute approximate surface area is 191 Å². The minimum absolute atomic E-state index is 0.203. The maximum Gasteiger partial charge on any atom is 0.240 e. The Morgan fingerprint density at radius 2 is 1.94 bits per heavy atom. The lowest BCUT2D eigenvalue weighted by molar-refractivity contribution is -0.135. The van der Waals surface area contributed by atoms with Gasteiger partial charge in [0.1, 0.15) is 0 Å². The van der Waals surface area contributed by atoms with Crippen molar-refractivity contribution in [3.63, 3.8) is 0 Å². The van der Waals surface area contributed by atoms with Crippen molar-refractivity contribution < 1.29 is 4.79 Å².